The van der Waals surface area contributed by atoms with Gasteiger partial charge in [-0.1, -0.05) is 20.8 Å². The maximum absolute atomic E-state index is 13.9. The summed E-state index contributed by atoms with van der Waals surface area (Å²) in [7, 11) is 0. The number of ether oxygens (including phenoxy) is 2. The Morgan fingerprint density at radius 3 is 2.84 bits per heavy atom. The molecule has 2 N–H and O–H groups in total. The molecule has 0 unspecified atom stereocenters. The zero-order valence-corrected chi connectivity index (χ0v) is 18.8. The summed E-state index contributed by atoms with van der Waals surface area (Å²) < 4.78 is 24.5. The van der Waals surface area contributed by atoms with E-state index in [1.165, 1.54) is 12.1 Å². The second-order valence-corrected chi connectivity index (χ2v) is 10.0. The molecule has 0 radical (unpaired) electrons. The summed E-state index contributed by atoms with van der Waals surface area (Å²) in [5.74, 6) is -0.292. The molecule has 174 valence electrons. The summed E-state index contributed by atoms with van der Waals surface area (Å²) in [5.41, 5.74) is 0.261. The van der Waals surface area contributed by atoms with Gasteiger partial charge in [-0.25, -0.2) is 9.18 Å². The van der Waals surface area contributed by atoms with Gasteiger partial charge in [-0.2, -0.15) is 0 Å². The number of carbonyl (C=O) groups is 3. The molecule has 1 aliphatic carbocycles. The van der Waals surface area contributed by atoms with E-state index in [1.807, 2.05) is 0 Å². The molecule has 3 aliphatic rings. The fourth-order valence-electron chi connectivity index (χ4n) is 5.63. The number of nitrogens with one attached hydrogen (secondary N) is 2. The van der Waals surface area contributed by atoms with Crippen molar-refractivity contribution in [2.24, 2.45) is 11.3 Å². The first-order valence-electron chi connectivity index (χ1n) is 11.0. The van der Waals surface area contributed by atoms with Crippen molar-refractivity contribution in [3.63, 3.8) is 0 Å². The van der Waals surface area contributed by atoms with Crippen LogP contribution >= 0.6 is 0 Å². The number of benzene rings is 1. The number of urea groups is 1. The Morgan fingerprint density at radius 2 is 2.09 bits per heavy atom. The van der Waals surface area contributed by atoms with Gasteiger partial charge in [-0.3, -0.25) is 14.5 Å². The molecular weight excluding hydrogens is 417 g/mol. The Balaban J connectivity index is 1.35. The van der Waals surface area contributed by atoms with E-state index in [4.69, 9.17) is 9.47 Å². The smallest absolute Gasteiger partial charge is 0.325 e. The summed E-state index contributed by atoms with van der Waals surface area (Å²) in [6, 6.07) is 2.23. The van der Waals surface area contributed by atoms with Crippen LogP contribution in [0.3, 0.4) is 0 Å². The highest BCUT2D eigenvalue weighted by Gasteiger charge is 2.56. The fourth-order valence-corrected chi connectivity index (χ4v) is 5.63. The molecule has 1 aromatic carbocycles. The Bertz CT molecular complexity index is 950. The molecule has 4 amide bonds. The van der Waals surface area contributed by atoms with Crippen LogP contribution in [0.25, 0.3) is 0 Å². The van der Waals surface area contributed by atoms with Crippen molar-refractivity contribution >= 4 is 17.8 Å². The van der Waals surface area contributed by atoms with Crippen LogP contribution < -0.4 is 15.4 Å². The second kappa shape index (κ2) is 8.35. The first kappa shape index (κ1) is 22.5. The van der Waals surface area contributed by atoms with E-state index < -0.39 is 23.3 Å². The number of nitrogens with zero attached hydrogens (tertiary/aromatic N) is 1. The molecule has 0 bridgehead atoms. The van der Waals surface area contributed by atoms with Crippen molar-refractivity contribution in [2.75, 3.05) is 19.9 Å². The molecule has 9 heteroatoms. The predicted molar refractivity (Wildman–Crippen MR) is 113 cm³/mol. The van der Waals surface area contributed by atoms with Gasteiger partial charge in [0.2, 0.25) is 5.91 Å². The third kappa shape index (κ3) is 4.44. The minimum Gasteiger partial charge on any atom is -0.467 e. The molecular formula is C23H30FN3O5. The highest BCUT2D eigenvalue weighted by atomic mass is 19.1. The molecule has 1 spiro atoms. The van der Waals surface area contributed by atoms with Crippen molar-refractivity contribution in [3.8, 4) is 5.75 Å². The van der Waals surface area contributed by atoms with Gasteiger partial charge in [0, 0.05) is 12.1 Å². The zero-order chi connectivity index (χ0) is 23.1. The fraction of sp³-hybridized carbons (Fsp3) is 0.609. The molecule has 32 heavy (non-hydrogen) atoms. The van der Waals surface area contributed by atoms with E-state index in [-0.39, 0.29) is 37.8 Å². The van der Waals surface area contributed by atoms with Gasteiger partial charge in [0.15, 0.2) is 6.79 Å². The van der Waals surface area contributed by atoms with Crippen LogP contribution in [0.4, 0.5) is 9.18 Å². The van der Waals surface area contributed by atoms with Crippen molar-refractivity contribution in [1.29, 1.82) is 0 Å². The minimum atomic E-state index is -0.932. The number of halogens is 1. The van der Waals surface area contributed by atoms with Crippen LogP contribution in [0.2, 0.25) is 0 Å². The van der Waals surface area contributed by atoms with Crippen molar-refractivity contribution < 1.29 is 28.2 Å². The quantitative estimate of drug-likeness (QED) is 0.676. The van der Waals surface area contributed by atoms with Gasteiger partial charge in [-0.15, -0.1) is 0 Å². The Morgan fingerprint density at radius 1 is 1.31 bits per heavy atom. The van der Waals surface area contributed by atoms with Crippen LogP contribution in [0.1, 0.15) is 51.2 Å². The lowest BCUT2D eigenvalue weighted by atomic mass is 9.64. The zero-order valence-electron chi connectivity index (χ0n) is 18.8. The molecule has 2 heterocycles. The van der Waals surface area contributed by atoms with Gasteiger partial charge in [0.1, 0.15) is 23.7 Å². The first-order valence-corrected chi connectivity index (χ1v) is 11.0. The molecule has 1 aromatic rings. The third-order valence-corrected chi connectivity index (χ3v) is 6.39. The predicted octanol–water partition coefficient (Wildman–Crippen LogP) is 2.49. The number of hydrogen-bond donors (Lipinski definition) is 2. The average Bonchev–Trinajstić information content (AvgIpc) is 2.89. The van der Waals surface area contributed by atoms with E-state index >= 15 is 0 Å². The van der Waals surface area contributed by atoms with Gasteiger partial charge in [-0.05, 0) is 54.7 Å². The highest BCUT2D eigenvalue weighted by Crippen LogP contribution is 2.46. The van der Waals surface area contributed by atoms with E-state index in [1.54, 1.807) is 0 Å². The summed E-state index contributed by atoms with van der Waals surface area (Å²) in [6.45, 7) is 6.53. The number of hydrogen-bond acceptors (Lipinski definition) is 5. The standard InChI is InChI=1S/C23H30FN3O5/c1-14-8-22(2,3)12-23(9-14)20(29)27(21(30)26-23)10-18(28)25-5-4-15-6-17(24)7-16-11-31-13-32-19(15)16/h6-7,14H,4-5,8-13H2,1-3H3,(H,25,28)(H,26,30)/t14-,23+/m0/s1. The molecule has 1 saturated carbocycles. The van der Waals surface area contributed by atoms with Gasteiger partial charge in [0.25, 0.3) is 5.91 Å². The first-order chi connectivity index (χ1) is 15.1. The average molecular weight is 448 g/mol. The molecule has 0 aromatic heterocycles. The lowest BCUT2D eigenvalue weighted by Crippen LogP contribution is -2.54. The largest absolute Gasteiger partial charge is 0.467 e. The van der Waals surface area contributed by atoms with Gasteiger partial charge >= 0.3 is 6.03 Å². The summed E-state index contributed by atoms with van der Waals surface area (Å²) in [4.78, 5) is 39.2. The van der Waals surface area contributed by atoms with Crippen LogP contribution in [-0.2, 0) is 27.4 Å². The molecule has 8 nitrogen and oxygen atoms in total. The van der Waals surface area contributed by atoms with Gasteiger partial charge < -0.3 is 20.1 Å². The SMILES string of the molecule is C[C@H]1CC(C)(C)C[C@@]2(C1)NC(=O)N(CC(=O)NCCc1cc(F)cc3c1OCOC3)C2=O. The third-order valence-electron chi connectivity index (χ3n) is 6.39. The second-order valence-electron chi connectivity index (χ2n) is 10.0. The summed E-state index contributed by atoms with van der Waals surface area (Å²) in [5, 5.41) is 5.59. The Kier molecular flexibility index (Phi) is 5.87. The maximum Gasteiger partial charge on any atom is 0.325 e. The summed E-state index contributed by atoms with van der Waals surface area (Å²) >= 11 is 0. The number of carbonyl (C=O) groups excluding carboxylic acids is 3. The monoisotopic (exact) mass is 447 g/mol. The number of amides is 4. The molecule has 4 rings (SSSR count). The van der Waals surface area contributed by atoms with Gasteiger partial charge in [0.05, 0.1) is 6.61 Å². The van der Waals surface area contributed by atoms with Crippen molar-refractivity contribution in [3.05, 3.63) is 29.1 Å². The highest BCUT2D eigenvalue weighted by molar-refractivity contribution is 6.09. The van der Waals surface area contributed by atoms with Crippen LogP contribution in [-0.4, -0.2) is 48.2 Å². The Labute approximate surface area is 186 Å². The summed E-state index contributed by atoms with van der Waals surface area (Å²) in [6.07, 6.45) is 2.47. The van der Waals surface area contributed by atoms with Crippen molar-refractivity contribution in [1.82, 2.24) is 15.5 Å². The number of rotatable bonds is 5. The number of fused-ring (bicyclic) bond motifs is 1. The van der Waals surface area contributed by atoms with E-state index in [2.05, 4.69) is 31.4 Å². The molecule has 2 aliphatic heterocycles. The minimum absolute atomic E-state index is 0.0733. The van der Waals surface area contributed by atoms with Crippen LogP contribution in [0.15, 0.2) is 12.1 Å². The maximum atomic E-state index is 13.9. The number of imide groups is 1. The molecule has 1 saturated heterocycles. The normalized spacial score (nSPS) is 26.5. The van der Waals surface area contributed by atoms with E-state index in [0.29, 0.717) is 42.1 Å². The van der Waals surface area contributed by atoms with E-state index in [9.17, 15) is 18.8 Å². The Hall–Kier alpha value is -2.68. The molecule has 2 fully saturated rings. The lowest BCUT2D eigenvalue weighted by molar-refractivity contribution is -0.137. The lowest BCUT2D eigenvalue weighted by Gasteiger charge is -2.43. The van der Waals surface area contributed by atoms with Crippen molar-refractivity contribution in [2.45, 2.75) is 58.6 Å². The van der Waals surface area contributed by atoms with E-state index in [0.717, 1.165) is 11.3 Å². The van der Waals surface area contributed by atoms with Crippen LogP contribution in [0, 0.1) is 17.2 Å². The topological polar surface area (TPSA) is 97.0 Å². The molecule has 2 atom stereocenters. The van der Waals surface area contributed by atoms with Crippen LogP contribution in [0.5, 0.6) is 5.75 Å².